The van der Waals surface area contributed by atoms with E-state index < -0.39 is 5.91 Å². The van der Waals surface area contributed by atoms with Gasteiger partial charge in [-0.2, -0.15) is 0 Å². The number of primary amides is 1. The number of nitrogens with one attached hydrogen (secondary N) is 1. The summed E-state index contributed by atoms with van der Waals surface area (Å²) in [4.78, 5) is 25.3. The van der Waals surface area contributed by atoms with Crippen molar-refractivity contribution in [3.8, 4) is 11.5 Å². The predicted octanol–water partition coefficient (Wildman–Crippen LogP) is 2.02. The van der Waals surface area contributed by atoms with Crippen LogP contribution >= 0.6 is 0 Å². The number of hydrogen-bond acceptors (Lipinski definition) is 5. The summed E-state index contributed by atoms with van der Waals surface area (Å²) in [7, 11) is 3.17. The maximum atomic E-state index is 12.4. The molecule has 2 aromatic rings. The summed E-state index contributed by atoms with van der Waals surface area (Å²) in [6.07, 6.45) is 0.155. The zero-order chi connectivity index (χ0) is 18.9. The average Bonchev–Trinajstić information content (AvgIpc) is 2.65. The molecule has 138 valence electrons. The smallest absolute Gasteiger partial charge is 0.243 e. The zero-order valence-electron chi connectivity index (χ0n) is 14.9. The highest BCUT2D eigenvalue weighted by atomic mass is 16.5. The first-order chi connectivity index (χ1) is 12.5. The Morgan fingerprint density at radius 3 is 2.00 bits per heavy atom. The van der Waals surface area contributed by atoms with Crippen LogP contribution in [0.15, 0.2) is 48.5 Å². The molecule has 2 aromatic carbocycles. The second kappa shape index (κ2) is 9.31. The number of carbonyl (C=O) groups excluding carboxylic acids is 2. The van der Waals surface area contributed by atoms with Crippen molar-refractivity contribution in [1.82, 2.24) is 0 Å². The van der Waals surface area contributed by atoms with Crippen molar-refractivity contribution in [3.05, 3.63) is 48.5 Å². The van der Waals surface area contributed by atoms with Crippen LogP contribution < -0.4 is 25.4 Å². The molecule has 0 saturated heterocycles. The SMILES string of the molecule is COc1ccc(NC(=O)CN(CCC(N)=O)c2ccc(OC)cc2)cc1. The standard InChI is InChI=1S/C19H23N3O4/c1-25-16-7-3-14(4-8-16)21-19(24)13-22(12-11-18(20)23)15-5-9-17(26-2)10-6-15/h3-10H,11-13H2,1-2H3,(H2,20,23)(H,21,24). The van der Waals surface area contributed by atoms with Gasteiger partial charge < -0.3 is 25.4 Å². The third-order valence-electron chi connectivity index (χ3n) is 3.77. The molecule has 0 atom stereocenters. The maximum Gasteiger partial charge on any atom is 0.243 e. The van der Waals surface area contributed by atoms with E-state index in [9.17, 15) is 9.59 Å². The molecule has 26 heavy (non-hydrogen) atoms. The van der Waals surface area contributed by atoms with Crippen molar-refractivity contribution < 1.29 is 19.1 Å². The number of anilines is 2. The van der Waals surface area contributed by atoms with Crippen LogP contribution in [0.5, 0.6) is 11.5 Å². The fourth-order valence-corrected chi connectivity index (χ4v) is 2.39. The Hall–Kier alpha value is -3.22. The summed E-state index contributed by atoms with van der Waals surface area (Å²) >= 11 is 0. The number of amides is 2. The number of rotatable bonds is 9. The molecule has 0 fully saturated rings. The van der Waals surface area contributed by atoms with E-state index in [1.54, 1.807) is 55.5 Å². The molecule has 0 bridgehead atoms. The van der Waals surface area contributed by atoms with Crippen molar-refractivity contribution in [2.24, 2.45) is 5.73 Å². The lowest BCUT2D eigenvalue weighted by molar-refractivity contribution is -0.118. The molecule has 0 aromatic heterocycles. The molecule has 7 nitrogen and oxygen atoms in total. The monoisotopic (exact) mass is 357 g/mol. The van der Waals surface area contributed by atoms with Gasteiger partial charge in [0.25, 0.3) is 0 Å². The Morgan fingerprint density at radius 1 is 0.962 bits per heavy atom. The van der Waals surface area contributed by atoms with Crippen LogP contribution in [0.3, 0.4) is 0 Å². The van der Waals surface area contributed by atoms with Crippen molar-refractivity contribution in [1.29, 1.82) is 0 Å². The number of benzene rings is 2. The molecule has 0 spiro atoms. The molecule has 0 radical (unpaired) electrons. The van der Waals surface area contributed by atoms with E-state index >= 15 is 0 Å². The topological polar surface area (TPSA) is 93.9 Å². The Balaban J connectivity index is 2.05. The van der Waals surface area contributed by atoms with E-state index in [0.29, 0.717) is 23.7 Å². The summed E-state index contributed by atoms with van der Waals surface area (Å²) in [5.41, 5.74) is 6.72. The van der Waals surface area contributed by atoms with Gasteiger partial charge in [-0.1, -0.05) is 0 Å². The quantitative estimate of drug-likeness (QED) is 0.716. The van der Waals surface area contributed by atoms with Crippen LogP contribution in [0.2, 0.25) is 0 Å². The van der Waals surface area contributed by atoms with Crippen molar-refractivity contribution in [2.75, 3.05) is 37.5 Å². The Kier molecular flexibility index (Phi) is 6.84. The van der Waals surface area contributed by atoms with Gasteiger partial charge in [0.2, 0.25) is 11.8 Å². The van der Waals surface area contributed by atoms with E-state index in [2.05, 4.69) is 5.32 Å². The first kappa shape index (κ1) is 19.1. The molecule has 0 aliphatic carbocycles. The van der Waals surface area contributed by atoms with Crippen molar-refractivity contribution >= 4 is 23.2 Å². The van der Waals surface area contributed by atoms with E-state index in [1.165, 1.54) is 0 Å². The molecule has 7 heteroatoms. The zero-order valence-corrected chi connectivity index (χ0v) is 14.9. The fourth-order valence-electron chi connectivity index (χ4n) is 2.39. The maximum absolute atomic E-state index is 12.4. The second-order valence-electron chi connectivity index (χ2n) is 5.61. The van der Waals surface area contributed by atoms with Gasteiger partial charge in [0.15, 0.2) is 0 Å². The number of nitrogens with zero attached hydrogens (tertiary/aromatic N) is 1. The predicted molar refractivity (Wildman–Crippen MR) is 101 cm³/mol. The van der Waals surface area contributed by atoms with Gasteiger partial charge in [0.05, 0.1) is 20.8 Å². The van der Waals surface area contributed by atoms with E-state index in [-0.39, 0.29) is 18.9 Å². The molecular weight excluding hydrogens is 334 g/mol. The van der Waals surface area contributed by atoms with Gasteiger partial charge in [-0.25, -0.2) is 0 Å². The highest BCUT2D eigenvalue weighted by Gasteiger charge is 2.13. The van der Waals surface area contributed by atoms with Crippen molar-refractivity contribution in [2.45, 2.75) is 6.42 Å². The molecule has 2 amide bonds. The fraction of sp³-hybridized carbons (Fsp3) is 0.263. The van der Waals surface area contributed by atoms with Crippen LogP contribution in [-0.2, 0) is 9.59 Å². The normalized spacial score (nSPS) is 10.1. The number of nitrogens with two attached hydrogens (primary N) is 1. The summed E-state index contributed by atoms with van der Waals surface area (Å²) in [6, 6.07) is 14.3. The van der Waals surface area contributed by atoms with E-state index in [1.807, 2.05) is 12.1 Å². The molecule has 3 N–H and O–H groups in total. The lowest BCUT2D eigenvalue weighted by Crippen LogP contribution is -2.35. The minimum atomic E-state index is -0.418. The highest BCUT2D eigenvalue weighted by molar-refractivity contribution is 5.94. The van der Waals surface area contributed by atoms with E-state index in [4.69, 9.17) is 15.2 Å². The van der Waals surface area contributed by atoms with Gasteiger partial charge in [-0.05, 0) is 48.5 Å². The minimum absolute atomic E-state index is 0.0889. The third-order valence-corrected chi connectivity index (χ3v) is 3.77. The first-order valence-corrected chi connectivity index (χ1v) is 8.13. The molecule has 0 saturated carbocycles. The molecule has 0 heterocycles. The van der Waals surface area contributed by atoms with Gasteiger partial charge in [-0.15, -0.1) is 0 Å². The van der Waals surface area contributed by atoms with Crippen LogP contribution in [0.1, 0.15) is 6.42 Å². The Bertz CT molecular complexity index is 729. The second-order valence-corrected chi connectivity index (χ2v) is 5.61. The number of methoxy groups -OCH3 is 2. The minimum Gasteiger partial charge on any atom is -0.497 e. The summed E-state index contributed by atoms with van der Waals surface area (Å²) < 4.78 is 10.2. The largest absolute Gasteiger partial charge is 0.497 e. The number of carbonyl (C=O) groups is 2. The first-order valence-electron chi connectivity index (χ1n) is 8.13. The lowest BCUT2D eigenvalue weighted by atomic mass is 10.2. The molecule has 2 rings (SSSR count). The highest BCUT2D eigenvalue weighted by Crippen LogP contribution is 2.20. The number of hydrogen-bond donors (Lipinski definition) is 2. The summed E-state index contributed by atoms with van der Waals surface area (Å²) in [5.74, 6) is 0.810. The Labute approximate surface area is 152 Å². The Morgan fingerprint density at radius 2 is 1.50 bits per heavy atom. The van der Waals surface area contributed by atoms with E-state index in [0.717, 1.165) is 5.69 Å². The molecule has 0 unspecified atom stereocenters. The van der Waals surface area contributed by atoms with Gasteiger partial charge >= 0.3 is 0 Å². The molecular formula is C19H23N3O4. The van der Waals surface area contributed by atoms with Gasteiger partial charge in [0.1, 0.15) is 11.5 Å². The lowest BCUT2D eigenvalue weighted by Gasteiger charge is -2.24. The number of ether oxygens (including phenoxy) is 2. The summed E-state index contributed by atoms with van der Waals surface area (Å²) in [5, 5.41) is 2.83. The molecule has 0 aliphatic heterocycles. The summed E-state index contributed by atoms with van der Waals surface area (Å²) in [6.45, 7) is 0.434. The van der Waals surface area contributed by atoms with Crippen molar-refractivity contribution in [3.63, 3.8) is 0 Å². The van der Waals surface area contributed by atoms with Crippen LogP contribution in [-0.4, -0.2) is 39.1 Å². The van der Waals surface area contributed by atoms with Crippen LogP contribution in [0.25, 0.3) is 0 Å². The van der Waals surface area contributed by atoms with Gasteiger partial charge in [0, 0.05) is 24.3 Å². The van der Waals surface area contributed by atoms with Gasteiger partial charge in [-0.3, -0.25) is 9.59 Å². The third kappa shape index (κ3) is 5.70. The van der Waals surface area contributed by atoms with Crippen LogP contribution in [0.4, 0.5) is 11.4 Å². The average molecular weight is 357 g/mol. The van der Waals surface area contributed by atoms with Crippen LogP contribution in [0, 0.1) is 0 Å². The molecule has 0 aliphatic rings.